The Balaban J connectivity index is 2.69. The molecule has 0 saturated heterocycles. The van der Waals surface area contributed by atoms with E-state index < -0.39 is 5.54 Å². The van der Waals surface area contributed by atoms with E-state index >= 15 is 0 Å². The van der Waals surface area contributed by atoms with Crippen LogP contribution in [-0.4, -0.2) is 22.1 Å². The van der Waals surface area contributed by atoms with Gasteiger partial charge < -0.3 is 10.4 Å². The third-order valence-electron chi connectivity index (χ3n) is 2.51. The molecule has 5 heteroatoms. The van der Waals surface area contributed by atoms with Gasteiger partial charge in [-0.1, -0.05) is 30.3 Å². The van der Waals surface area contributed by atoms with Crippen LogP contribution in [0, 0.1) is 10.4 Å². The molecule has 0 N–H and O–H groups in total. The van der Waals surface area contributed by atoms with Gasteiger partial charge in [-0.2, -0.15) is 0 Å². The Labute approximate surface area is 102 Å². The summed E-state index contributed by atoms with van der Waals surface area (Å²) >= 11 is 0. The lowest BCUT2D eigenvalue weighted by Crippen LogP contribution is -2.46. The smallest absolute Gasteiger partial charge is 0.0899 e. The molecule has 17 heavy (non-hydrogen) atoms. The average Bonchev–Trinajstić information content (AvgIpc) is 2.28. The van der Waals surface area contributed by atoms with Gasteiger partial charge in [-0.05, 0) is 38.0 Å². The Morgan fingerprint density at radius 3 is 2.29 bits per heavy atom. The molecule has 1 aromatic rings. The van der Waals surface area contributed by atoms with E-state index in [0.29, 0.717) is 13.0 Å². The molecule has 0 atom stereocenters. The second-order valence-electron chi connectivity index (χ2n) is 4.86. The monoisotopic (exact) mass is 236 g/mol. The average molecular weight is 236 g/mol. The van der Waals surface area contributed by atoms with Crippen LogP contribution < -0.4 is 0 Å². The number of benzene rings is 1. The zero-order valence-corrected chi connectivity index (χ0v) is 10.5. The highest BCUT2D eigenvalue weighted by atomic mass is 16.6. The van der Waals surface area contributed by atoms with Crippen molar-refractivity contribution in [2.45, 2.75) is 32.7 Å². The van der Waals surface area contributed by atoms with Gasteiger partial charge in [-0.15, -0.1) is 5.01 Å². The Bertz CT molecular complexity index is 371. The zero-order valence-electron chi connectivity index (χ0n) is 10.5. The molecule has 0 amide bonds. The van der Waals surface area contributed by atoms with Gasteiger partial charge >= 0.3 is 0 Å². The molecule has 0 aliphatic heterocycles. The van der Waals surface area contributed by atoms with Crippen LogP contribution in [0.3, 0.4) is 0 Å². The van der Waals surface area contributed by atoms with E-state index in [1.807, 2.05) is 51.1 Å². The zero-order chi connectivity index (χ0) is 12.9. The van der Waals surface area contributed by atoms with Gasteiger partial charge in [-0.3, -0.25) is 0 Å². The van der Waals surface area contributed by atoms with E-state index in [1.165, 1.54) is 5.01 Å². The van der Waals surface area contributed by atoms with E-state index in [0.717, 1.165) is 5.56 Å². The lowest BCUT2D eigenvalue weighted by Gasteiger charge is -2.31. The fourth-order valence-corrected chi connectivity index (χ4v) is 1.60. The predicted molar refractivity (Wildman–Crippen MR) is 66.0 cm³/mol. The van der Waals surface area contributed by atoms with E-state index in [9.17, 15) is 10.4 Å². The maximum atomic E-state index is 11.3. The standard InChI is InChI=1S/C12H19N3O2/c1-12(2,3)14(15(17)13-16)10-9-11-7-5-4-6-8-11/h4-8,16H,9-10H2,1-3H3/p-1/b15-13+. The first kappa shape index (κ1) is 13.3. The van der Waals surface area contributed by atoms with Crippen LogP contribution in [0.25, 0.3) is 0 Å². The molecule has 0 unspecified atom stereocenters. The van der Waals surface area contributed by atoms with Crippen molar-refractivity contribution in [3.05, 3.63) is 46.3 Å². The summed E-state index contributed by atoms with van der Waals surface area (Å²) in [4.78, 5) is 0.128. The van der Waals surface area contributed by atoms with E-state index in [-0.39, 0.29) is 4.97 Å². The molecule has 1 aromatic carbocycles. The molecule has 5 nitrogen and oxygen atoms in total. The molecular formula is C12H18N3O2-. The van der Waals surface area contributed by atoms with Crippen molar-refractivity contribution in [1.29, 1.82) is 0 Å². The quantitative estimate of drug-likeness (QED) is 0.458. The third-order valence-corrected chi connectivity index (χ3v) is 2.51. The van der Waals surface area contributed by atoms with Crippen LogP contribution in [0.1, 0.15) is 26.3 Å². The Hall–Kier alpha value is -1.78. The third kappa shape index (κ3) is 3.94. The second kappa shape index (κ2) is 5.52. The summed E-state index contributed by atoms with van der Waals surface area (Å²) < 4.78 is 0. The number of hydrazine groups is 1. The van der Waals surface area contributed by atoms with Crippen LogP contribution in [0.2, 0.25) is 0 Å². The van der Waals surface area contributed by atoms with Gasteiger partial charge in [0, 0.05) is 4.97 Å². The van der Waals surface area contributed by atoms with Gasteiger partial charge in [0.15, 0.2) is 0 Å². The molecule has 94 valence electrons. The van der Waals surface area contributed by atoms with Crippen molar-refractivity contribution in [3.63, 3.8) is 0 Å². The SMILES string of the molecule is CC(C)(C)N(CCc1ccccc1)/[N+]([O-])=N\[O-]. The number of rotatable bonds is 4. The topological polar surface area (TPSA) is 64.7 Å². The Morgan fingerprint density at radius 1 is 1.24 bits per heavy atom. The first-order chi connectivity index (χ1) is 7.95. The molecule has 0 fully saturated rings. The normalized spacial score (nSPS) is 12.5. The molecule has 0 saturated carbocycles. The second-order valence-corrected chi connectivity index (χ2v) is 4.86. The molecule has 0 bridgehead atoms. The highest BCUT2D eigenvalue weighted by Crippen LogP contribution is 2.14. The summed E-state index contributed by atoms with van der Waals surface area (Å²) in [5, 5.41) is 25.5. The number of hydrogen-bond acceptors (Lipinski definition) is 3. The molecule has 0 heterocycles. The van der Waals surface area contributed by atoms with Crippen LogP contribution in [0.5, 0.6) is 0 Å². The highest BCUT2D eigenvalue weighted by molar-refractivity contribution is 5.14. The first-order valence-electron chi connectivity index (χ1n) is 5.57. The first-order valence-corrected chi connectivity index (χ1v) is 5.57. The summed E-state index contributed by atoms with van der Waals surface area (Å²) in [5.41, 5.74) is 0.700. The molecular weight excluding hydrogens is 218 g/mol. The van der Waals surface area contributed by atoms with Crippen molar-refractivity contribution in [2.24, 2.45) is 5.28 Å². The van der Waals surface area contributed by atoms with Gasteiger partial charge in [0.1, 0.15) is 0 Å². The van der Waals surface area contributed by atoms with Crippen molar-refractivity contribution in [3.8, 4) is 0 Å². The number of nitrogens with zero attached hydrogens (tertiary/aromatic N) is 3. The number of hydrogen-bond donors (Lipinski definition) is 0. The molecule has 1 rings (SSSR count). The van der Waals surface area contributed by atoms with Crippen molar-refractivity contribution in [2.75, 3.05) is 6.54 Å². The Morgan fingerprint density at radius 2 is 1.82 bits per heavy atom. The van der Waals surface area contributed by atoms with E-state index in [2.05, 4.69) is 5.28 Å². The van der Waals surface area contributed by atoms with Crippen molar-refractivity contribution < 1.29 is 4.97 Å². The fraction of sp³-hybridized carbons (Fsp3) is 0.500. The summed E-state index contributed by atoms with van der Waals surface area (Å²) in [5.74, 6) is 0. The minimum atomic E-state index is -0.426. The summed E-state index contributed by atoms with van der Waals surface area (Å²) in [7, 11) is 0. The molecule has 0 aliphatic rings. The highest BCUT2D eigenvalue weighted by Gasteiger charge is 2.27. The summed E-state index contributed by atoms with van der Waals surface area (Å²) in [6, 6.07) is 9.82. The van der Waals surface area contributed by atoms with Crippen LogP contribution >= 0.6 is 0 Å². The van der Waals surface area contributed by atoms with Crippen molar-refractivity contribution in [1.82, 2.24) is 5.01 Å². The summed E-state index contributed by atoms with van der Waals surface area (Å²) in [6.07, 6.45) is 0.701. The lowest BCUT2D eigenvalue weighted by molar-refractivity contribution is -0.705. The summed E-state index contributed by atoms with van der Waals surface area (Å²) in [6.45, 7) is 6.07. The Kier molecular flexibility index (Phi) is 4.31. The van der Waals surface area contributed by atoms with E-state index in [1.54, 1.807) is 0 Å². The minimum absolute atomic E-state index is 0.128. The van der Waals surface area contributed by atoms with Crippen LogP contribution in [-0.2, 0) is 6.42 Å². The maximum absolute atomic E-state index is 11.3. The van der Waals surface area contributed by atoms with Crippen LogP contribution in [0.15, 0.2) is 35.6 Å². The van der Waals surface area contributed by atoms with Crippen molar-refractivity contribution >= 4 is 0 Å². The predicted octanol–water partition coefficient (Wildman–Crippen LogP) is 2.70. The van der Waals surface area contributed by atoms with Gasteiger partial charge in [0.2, 0.25) is 0 Å². The molecule has 0 aliphatic carbocycles. The minimum Gasteiger partial charge on any atom is -0.737 e. The van der Waals surface area contributed by atoms with Gasteiger partial charge in [0.05, 0.1) is 12.1 Å². The van der Waals surface area contributed by atoms with Gasteiger partial charge in [0.25, 0.3) is 0 Å². The molecule has 0 radical (unpaired) electrons. The largest absolute Gasteiger partial charge is 0.737 e. The maximum Gasteiger partial charge on any atom is 0.0899 e. The fourth-order valence-electron chi connectivity index (χ4n) is 1.60. The van der Waals surface area contributed by atoms with Crippen LogP contribution in [0.4, 0.5) is 0 Å². The van der Waals surface area contributed by atoms with Gasteiger partial charge in [-0.25, -0.2) is 0 Å². The molecule has 0 aromatic heterocycles. The van der Waals surface area contributed by atoms with E-state index in [4.69, 9.17) is 0 Å². The molecule has 0 spiro atoms. The lowest BCUT2D eigenvalue weighted by atomic mass is 10.1.